The van der Waals surface area contributed by atoms with Crippen LogP contribution in [0.3, 0.4) is 0 Å². The summed E-state index contributed by atoms with van der Waals surface area (Å²) < 4.78 is 32.4. The van der Waals surface area contributed by atoms with E-state index in [1.54, 1.807) is 6.07 Å². The Balaban J connectivity index is 1.60. The summed E-state index contributed by atoms with van der Waals surface area (Å²) in [6.07, 6.45) is 2.87. The van der Waals surface area contributed by atoms with Crippen molar-refractivity contribution in [3.63, 3.8) is 0 Å². The molecule has 0 saturated heterocycles. The summed E-state index contributed by atoms with van der Waals surface area (Å²) in [5, 5.41) is 9.24. The Morgan fingerprint density at radius 2 is 2.06 bits per heavy atom. The maximum atomic E-state index is 14.1. The van der Waals surface area contributed by atoms with Crippen LogP contribution in [-0.4, -0.2) is 30.9 Å². The standard InChI is InChI=1S/C25H26FN3O3/c1-14(2)31-19-4-6-23-21(11-19)25(13-30-24(28)29-25)20-10-16(3-5-22(20)32-23)17-7-15(12-27)8-18(26)9-17/h3,5,7-10,14,19,21,23H,4,6,11,13H2,1-2H3,(H2,28,29)/t19?,21?,23-,25?/m0/s1. The van der Waals surface area contributed by atoms with E-state index in [1.165, 1.54) is 12.1 Å². The number of rotatable bonds is 3. The number of aliphatic imine (C=N–C) groups is 1. The fourth-order valence-corrected chi connectivity index (χ4v) is 5.36. The lowest BCUT2D eigenvalue weighted by atomic mass is 9.67. The molecular formula is C25H26FN3O3. The summed E-state index contributed by atoms with van der Waals surface area (Å²) in [5.74, 6) is 0.346. The van der Waals surface area contributed by atoms with Gasteiger partial charge >= 0.3 is 0 Å². The molecule has 0 bridgehead atoms. The first-order chi connectivity index (χ1) is 15.4. The summed E-state index contributed by atoms with van der Waals surface area (Å²) in [5.41, 5.74) is 7.90. The van der Waals surface area contributed by atoms with Crippen LogP contribution in [0.4, 0.5) is 4.39 Å². The zero-order valence-electron chi connectivity index (χ0n) is 18.2. The topological polar surface area (TPSA) is 89.9 Å². The van der Waals surface area contributed by atoms with Crippen LogP contribution in [0.5, 0.6) is 5.75 Å². The molecule has 0 radical (unpaired) electrons. The molecular weight excluding hydrogens is 409 g/mol. The summed E-state index contributed by atoms with van der Waals surface area (Å²) in [6.45, 7) is 4.43. The molecule has 2 heterocycles. The number of fused-ring (bicyclic) bond motifs is 4. The first kappa shape index (κ1) is 20.8. The predicted molar refractivity (Wildman–Crippen MR) is 118 cm³/mol. The Hall–Kier alpha value is -3.11. The molecule has 1 saturated carbocycles. The van der Waals surface area contributed by atoms with Crippen molar-refractivity contribution in [3.8, 4) is 22.9 Å². The van der Waals surface area contributed by atoms with Gasteiger partial charge in [-0.3, -0.25) is 0 Å². The fraction of sp³-hybridized carbons (Fsp3) is 0.440. The second-order valence-electron chi connectivity index (χ2n) is 9.10. The quantitative estimate of drug-likeness (QED) is 0.778. The highest BCUT2D eigenvalue weighted by Crippen LogP contribution is 2.53. The van der Waals surface area contributed by atoms with Crippen LogP contribution in [0.25, 0.3) is 11.1 Å². The molecule has 4 atom stereocenters. The molecule has 32 heavy (non-hydrogen) atoms. The average Bonchev–Trinajstić information content (AvgIpc) is 3.15. The van der Waals surface area contributed by atoms with Gasteiger partial charge in [0, 0.05) is 11.5 Å². The molecule has 2 aromatic rings. The highest BCUT2D eigenvalue weighted by molar-refractivity contribution is 5.75. The number of hydrogen-bond donors (Lipinski definition) is 1. The van der Waals surface area contributed by atoms with Gasteiger partial charge in [-0.1, -0.05) is 6.07 Å². The van der Waals surface area contributed by atoms with Gasteiger partial charge in [0.15, 0.2) is 0 Å². The Bertz CT molecular complexity index is 1130. The first-order valence-corrected chi connectivity index (χ1v) is 11.0. The third kappa shape index (κ3) is 3.49. The normalized spacial score (nSPS) is 28.3. The van der Waals surface area contributed by atoms with E-state index in [0.717, 1.165) is 36.1 Å². The molecule has 6 nitrogen and oxygen atoms in total. The van der Waals surface area contributed by atoms with Crippen LogP contribution in [0.1, 0.15) is 44.2 Å². The van der Waals surface area contributed by atoms with Crippen molar-refractivity contribution in [3.05, 3.63) is 53.3 Å². The number of nitrogens with zero attached hydrogens (tertiary/aromatic N) is 2. The van der Waals surface area contributed by atoms with Crippen LogP contribution < -0.4 is 10.5 Å². The summed E-state index contributed by atoms with van der Waals surface area (Å²) >= 11 is 0. The van der Waals surface area contributed by atoms with Gasteiger partial charge in [0.25, 0.3) is 6.02 Å². The number of nitriles is 1. The number of hydrogen-bond acceptors (Lipinski definition) is 6. The molecule has 7 heteroatoms. The maximum Gasteiger partial charge on any atom is 0.283 e. The van der Waals surface area contributed by atoms with Crippen molar-refractivity contribution >= 4 is 6.02 Å². The molecule has 3 aliphatic rings. The van der Waals surface area contributed by atoms with E-state index in [2.05, 4.69) is 0 Å². The molecule has 2 aliphatic heterocycles. The van der Waals surface area contributed by atoms with E-state index in [1.807, 2.05) is 38.1 Å². The summed E-state index contributed by atoms with van der Waals surface area (Å²) in [6, 6.07) is 12.3. The number of benzene rings is 2. The van der Waals surface area contributed by atoms with Crippen LogP contribution in [0.15, 0.2) is 41.4 Å². The molecule has 5 rings (SSSR count). The van der Waals surface area contributed by atoms with Gasteiger partial charge < -0.3 is 19.9 Å². The SMILES string of the molecule is CC(C)OC1CC[C@@H]2Oc3ccc(-c4cc(F)cc(C#N)c4)cc3C3(COC(N)=N3)C2C1. The van der Waals surface area contributed by atoms with Crippen LogP contribution in [0.2, 0.25) is 0 Å². The largest absolute Gasteiger partial charge is 0.490 e. The highest BCUT2D eigenvalue weighted by Gasteiger charge is 2.55. The van der Waals surface area contributed by atoms with Crippen molar-refractivity contribution in [2.24, 2.45) is 16.6 Å². The number of amidine groups is 1. The molecule has 3 unspecified atom stereocenters. The van der Waals surface area contributed by atoms with Gasteiger partial charge in [0.2, 0.25) is 0 Å². The van der Waals surface area contributed by atoms with Crippen LogP contribution in [-0.2, 0) is 15.0 Å². The number of ether oxygens (including phenoxy) is 3. The van der Waals surface area contributed by atoms with E-state index < -0.39 is 11.4 Å². The van der Waals surface area contributed by atoms with Crippen LogP contribution in [0, 0.1) is 23.1 Å². The highest BCUT2D eigenvalue weighted by atomic mass is 19.1. The van der Waals surface area contributed by atoms with Gasteiger partial charge in [0.1, 0.15) is 29.8 Å². The molecule has 0 aromatic heterocycles. The second-order valence-corrected chi connectivity index (χ2v) is 9.10. The fourth-order valence-electron chi connectivity index (χ4n) is 5.36. The maximum absolute atomic E-state index is 14.1. The van der Waals surface area contributed by atoms with E-state index >= 15 is 0 Å². The predicted octanol–water partition coefficient (Wildman–Crippen LogP) is 4.26. The lowest BCUT2D eigenvalue weighted by Crippen LogP contribution is -2.52. The monoisotopic (exact) mass is 435 g/mol. The van der Waals surface area contributed by atoms with E-state index in [-0.39, 0.29) is 35.8 Å². The van der Waals surface area contributed by atoms with Gasteiger partial charge in [-0.2, -0.15) is 5.26 Å². The number of halogens is 1. The third-order valence-corrected chi connectivity index (χ3v) is 6.65. The molecule has 166 valence electrons. The minimum atomic E-state index is -0.678. The van der Waals surface area contributed by atoms with Crippen molar-refractivity contribution in [2.75, 3.05) is 6.61 Å². The summed E-state index contributed by atoms with van der Waals surface area (Å²) in [7, 11) is 0. The summed E-state index contributed by atoms with van der Waals surface area (Å²) in [4.78, 5) is 4.82. The zero-order chi connectivity index (χ0) is 22.5. The van der Waals surface area contributed by atoms with E-state index in [4.69, 9.17) is 24.9 Å². The van der Waals surface area contributed by atoms with Gasteiger partial charge in [0.05, 0.1) is 23.8 Å². The lowest BCUT2D eigenvalue weighted by Gasteiger charge is -2.48. The molecule has 2 aromatic carbocycles. The third-order valence-electron chi connectivity index (χ3n) is 6.65. The average molecular weight is 435 g/mol. The smallest absolute Gasteiger partial charge is 0.283 e. The Kier molecular flexibility index (Phi) is 5.06. The van der Waals surface area contributed by atoms with Gasteiger partial charge in [-0.15, -0.1) is 0 Å². The molecule has 0 amide bonds. The van der Waals surface area contributed by atoms with Crippen molar-refractivity contribution in [1.82, 2.24) is 0 Å². The molecule has 1 aliphatic carbocycles. The molecule has 1 fully saturated rings. The minimum Gasteiger partial charge on any atom is -0.490 e. The van der Waals surface area contributed by atoms with E-state index in [9.17, 15) is 9.65 Å². The Labute approximate surface area is 186 Å². The second kappa shape index (κ2) is 7.79. The first-order valence-electron chi connectivity index (χ1n) is 11.0. The van der Waals surface area contributed by atoms with Crippen molar-refractivity contribution in [2.45, 2.75) is 57.0 Å². The Morgan fingerprint density at radius 1 is 1.22 bits per heavy atom. The lowest BCUT2D eigenvalue weighted by molar-refractivity contribution is -0.0791. The van der Waals surface area contributed by atoms with E-state index in [0.29, 0.717) is 12.2 Å². The minimum absolute atomic E-state index is 0.00188. The van der Waals surface area contributed by atoms with Gasteiger partial charge in [-0.25, -0.2) is 9.38 Å². The Morgan fingerprint density at radius 3 is 2.78 bits per heavy atom. The molecule has 2 N–H and O–H groups in total. The van der Waals surface area contributed by atoms with Crippen molar-refractivity contribution in [1.29, 1.82) is 5.26 Å². The van der Waals surface area contributed by atoms with Gasteiger partial charge in [-0.05, 0) is 74.6 Å². The number of nitrogens with two attached hydrogens (primary N) is 1. The zero-order valence-corrected chi connectivity index (χ0v) is 18.2. The van der Waals surface area contributed by atoms with Crippen molar-refractivity contribution < 1.29 is 18.6 Å². The molecule has 1 spiro atoms. The van der Waals surface area contributed by atoms with Crippen LogP contribution >= 0.6 is 0 Å².